The van der Waals surface area contributed by atoms with Gasteiger partial charge in [0.25, 0.3) is 0 Å². The lowest BCUT2D eigenvalue weighted by molar-refractivity contribution is -0.139. The van der Waals surface area contributed by atoms with E-state index in [1.807, 2.05) is 6.92 Å². The molecule has 21 heavy (non-hydrogen) atoms. The van der Waals surface area contributed by atoms with Crippen LogP contribution in [0.3, 0.4) is 0 Å². The van der Waals surface area contributed by atoms with Crippen LogP contribution in [0.5, 0.6) is 0 Å². The van der Waals surface area contributed by atoms with Gasteiger partial charge in [0.05, 0.1) is 18.4 Å². The third kappa shape index (κ3) is 5.45. The average Bonchev–Trinajstić information content (AvgIpc) is 2.47. The van der Waals surface area contributed by atoms with Gasteiger partial charge in [-0.2, -0.15) is 0 Å². The Bertz CT molecular complexity index is 553. The number of benzene rings is 1. The summed E-state index contributed by atoms with van der Waals surface area (Å²) in [6.45, 7) is 1.78. The van der Waals surface area contributed by atoms with Crippen LogP contribution in [0.2, 0.25) is 0 Å². The number of nitrogens with one attached hydrogen (secondary N) is 1. The Morgan fingerprint density at radius 3 is 2.43 bits per heavy atom. The van der Waals surface area contributed by atoms with E-state index in [9.17, 15) is 13.2 Å². The molecular weight excluding hydrogens is 294 g/mol. The fraction of sp³-hybridized carbons (Fsp3) is 0.500. The molecule has 0 radical (unpaired) electrons. The number of ether oxygens (including phenoxy) is 1. The molecular formula is C14H21NO5S. The molecule has 0 fully saturated rings. The molecule has 118 valence electrons. The van der Waals surface area contributed by atoms with Gasteiger partial charge >= 0.3 is 5.97 Å². The molecule has 7 heteroatoms. The van der Waals surface area contributed by atoms with Crippen LogP contribution in [0.15, 0.2) is 29.2 Å². The van der Waals surface area contributed by atoms with Crippen molar-refractivity contribution in [3.63, 3.8) is 0 Å². The molecule has 0 amide bonds. The Labute approximate surface area is 125 Å². The predicted molar refractivity (Wildman–Crippen MR) is 78.3 cm³/mol. The minimum Gasteiger partial charge on any atom is -0.469 e. The molecule has 1 unspecified atom stereocenters. The second-order valence-electron chi connectivity index (χ2n) is 4.64. The van der Waals surface area contributed by atoms with Gasteiger partial charge < -0.3 is 9.84 Å². The van der Waals surface area contributed by atoms with Crippen LogP contribution in [0.4, 0.5) is 0 Å². The van der Waals surface area contributed by atoms with Crippen molar-refractivity contribution >= 4 is 16.0 Å². The highest BCUT2D eigenvalue weighted by molar-refractivity contribution is 7.89. The first-order valence-electron chi connectivity index (χ1n) is 6.72. The monoisotopic (exact) mass is 315 g/mol. The van der Waals surface area contributed by atoms with Crippen molar-refractivity contribution < 1.29 is 23.1 Å². The summed E-state index contributed by atoms with van der Waals surface area (Å²) in [4.78, 5) is 11.3. The van der Waals surface area contributed by atoms with E-state index in [2.05, 4.69) is 9.46 Å². The zero-order valence-corrected chi connectivity index (χ0v) is 13.0. The third-order valence-electron chi connectivity index (χ3n) is 3.10. The molecule has 1 rings (SSSR count). The average molecular weight is 315 g/mol. The van der Waals surface area contributed by atoms with Crippen molar-refractivity contribution in [2.45, 2.75) is 37.1 Å². The Kier molecular flexibility index (Phi) is 6.80. The second-order valence-corrected chi connectivity index (χ2v) is 6.35. The minimum atomic E-state index is -3.62. The Morgan fingerprint density at radius 2 is 1.95 bits per heavy atom. The Balaban J connectivity index is 2.82. The van der Waals surface area contributed by atoms with Crippen LogP contribution >= 0.6 is 0 Å². The maximum atomic E-state index is 12.2. The highest BCUT2D eigenvalue weighted by Crippen LogP contribution is 2.13. The fourth-order valence-electron chi connectivity index (χ4n) is 1.81. The van der Waals surface area contributed by atoms with Gasteiger partial charge in [0.1, 0.15) is 0 Å². The maximum Gasteiger partial charge on any atom is 0.309 e. The van der Waals surface area contributed by atoms with Gasteiger partial charge in [0.2, 0.25) is 10.0 Å². The molecule has 1 atom stereocenters. The second kappa shape index (κ2) is 8.11. The summed E-state index contributed by atoms with van der Waals surface area (Å²) in [5, 5.41) is 8.90. The van der Waals surface area contributed by atoms with E-state index in [4.69, 9.17) is 5.11 Å². The summed E-state index contributed by atoms with van der Waals surface area (Å²) in [5.74, 6) is -0.377. The van der Waals surface area contributed by atoms with Crippen LogP contribution in [-0.4, -0.2) is 39.3 Å². The summed E-state index contributed by atoms with van der Waals surface area (Å²) in [6.07, 6.45) is 1.07. The molecule has 0 bridgehead atoms. The number of hydrogen-bond donors (Lipinski definition) is 2. The summed E-state index contributed by atoms with van der Waals surface area (Å²) in [5.41, 5.74) is 0.684. The maximum absolute atomic E-state index is 12.2. The molecule has 0 spiro atoms. The quantitative estimate of drug-likeness (QED) is 0.694. The van der Waals surface area contributed by atoms with E-state index in [1.54, 1.807) is 12.1 Å². The van der Waals surface area contributed by atoms with Gasteiger partial charge in [-0.1, -0.05) is 19.1 Å². The lowest BCUT2D eigenvalue weighted by Crippen LogP contribution is -2.35. The number of aliphatic hydroxyl groups is 1. The van der Waals surface area contributed by atoms with Crippen molar-refractivity contribution in [3.05, 3.63) is 29.8 Å². The normalized spacial score (nSPS) is 12.9. The van der Waals surface area contributed by atoms with Crippen LogP contribution in [-0.2, 0) is 26.0 Å². The Morgan fingerprint density at radius 1 is 1.33 bits per heavy atom. The molecule has 0 aliphatic heterocycles. The Hall–Kier alpha value is -1.44. The zero-order valence-electron chi connectivity index (χ0n) is 12.2. The van der Waals surface area contributed by atoms with Crippen LogP contribution in [0, 0.1) is 0 Å². The molecule has 0 heterocycles. The van der Waals surface area contributed by atoms with Gasteiger partial charge in [-0.05, 0) is 30.5 Å². The van der Waals surface area contributed by atoms with E-state index in [0.717, 1.165) is 0 Å². The molecule has 0 saturated carbocycles. The van der Waals surface area contributed by atoms with Gasteiger partial charge in [-0.25, -0.2) is 13.1 Å². The van der Waals surface area contributed by atoms with E-state index in [0.29, 0.717) is 18.4 Å². The van der Waals surface area contributed by atoms with E-state index in [-0.39, 0.29) is 29.9 Å². The first-order chi connectivity index (χ1) is 9.92. The number of methoxy groups -OCH3 is 1. The lowest BCUT2D eigenvalue weighted by atomic mass is 10.2. The summed E-state index contributed by atoms with van der Waals surface area (Å²) < 4.78 is 31.5. The lowest BCUT2D eigenvalue weighted by Gasteiger charge is -2.16. The van der Waals surface area contributed by atoms with Crippen molar-refractivity contribution in [3.8, 4) is 0 Å². The standard InChI is InChI=1S/C14H21NO5S/c1-3-12(8-9-16)15-21(18,19)13-6-4-11(5-7-13)10-14(17)20-2/h4-7,12,15-16H,3,8-10H2,1-2H3. The van der Waals surface area contributed by atoms with Gasteiger partial charge in [-0.15, -0.1) is 0 Å². The number of sulfonamides is 1. The van der Waals surface area contributed by atoms with Crippen molar-refractivity contribution in [1.29, 1.82) is 0 Å². The number of aliphatic hydroxyl groups excluding tert-OH is 1. The number of esters is 1. The van der Waals surface area contributed by atoms with Gasteiger partial charge in [-0.3, -0.25) is 4.79 Å². The summed E-state index contributed by atoms with van der Waals surface area (Å²) in [7, 11) is -2.32. The SMILES string of the molecule is CCC(CCO)NS(=O)(=O)c1ccc(CC(=O)OC)cc1. The van der Waals surface area contributed by atoms with Crippen LogP contribution in [0.1, 0.15) is 25.3 Å². The minimum absolute atomic E-state index is 0.0703. The molecule has 0 aliphatic carbocycles. The molecule has 1 aromatic rings. The predicted octanol–water partition coefficient (Wildman–Crippen LogP) is 0.841. The van der Waals surface area contributed by atoms with Gasteiger partial charge in [0.15, 0.2) is 0 Å². The summed E-state index contributed by atoms with van der Waals surface area (Å²) >= 11 is 0. The fourth-order valence-corrected chi connectivity index (χ4v) is 3.17. The topological polar surface area (TPSA) is 92.7 Å². The highest BCUT2D eigenvalue weighted by atomic mass is 32.2. The van der Waals surface area contributed by atoms with E-state index in [1.165, 1.54) is 19.2 Å². The molecule has 0 saturated heterocycles. The molecule has 1 aromatic carbocycles. The smallest absolute Gasteiger partial charge is 0.309 e. The molecule has 2 N–H and O–H groups in total. The third-order valence-corrected chi connectivity index (χ3v) is 4.64. The number of carbonyl (C=O) groups is 1. The molecule has 0 aromatic heterocycles. The van der Waals surface area contributed by atoms with E-state index < -0.39 is 10.0 Å². The molecule has 6 nitrogen and oxygen atoms in total. The number of carbonyl (C=O) groups excluding carboxylic acids is 1. The summed E-state index contributed by atoms with van der Waals surface area (Å²) in [6, 6.07) is 5.77. The molecule has 0 aliphatic rings. The highest BCUT2D eigenvalue weighted by Gasteiger charge is 2.18. The van der Waals surface area contributed by atoms with Crippen LogP contribution in [0.25, 0.3) is 0 Å². The largest absolute Gasteiger partial charge is 0.469 e. The number of rotatable bonds is 8. The van der Waals surface area contributed by atoms with Gasteiger partial charge in [0, 0.05) is 12.6 Å². The number of hydrogen-bond acceptors (Lipinski definition) is 5. The van der Waals surface area contributed by atoms with Crippen LogP contribution < -0.4 is 4.72 Å². The zero-order chi connectivity index (χ0) is 15.9. The first-order valence-corrected chi connectivity index (χ1v) is 8.20. The van der Waals surface area contributed by atoms with E-state index >= 15 is 0 Å². The van der Waals surface area contributed by atoms with Crippen molar-refractivity contribution in [2.75, 3.05) is 13.7 Å². The first kappa shape index (κ1) is 17.6. The van der Waals surface area contributed by atoms with Crippen molar-refractivity contribution in [1.82, 2.24) is 4.72 Å². The van der Waals surface area contributed by atoms with Crippen molar-refractivity contribution in [2.24, 2.45) is 0 Å².